The molecule has 0 unspecified atom stereocenters. The minimum atomic E-state index is -0.143. The molecule has 92 valence electrons. The van der Waals surface area contributed by atoms with Gasteiger partial charge in [0.15, 0.2) is 5.65 Å². The van der Waals surface area contributed by atoms with E-state index in [4.69, 9.17) is 4.98 Å². The van der Waals surface area contributed by atoms with Crippen molar-refractivity contribution in [3.63, 3.8) is 0 Å². The van der Waals surface area contributed by atoms with Crippen LogP contribution in [-0.4, -0.2) is 21.6 Å². The third-order valence-corrected chi connectivity index (χ3v) is 3.14. The van der Waals surface area contributed by atoms with Crippen LogP contribution in [0.25, 0.3) is 11.2 Å². The van der Waals surface area contributed by atoms with Crippen molar-refractivity contribution < 1.29 is 0 Å². The summed E-state index contributed by atoms with van der Waals surface area (Å²) in [5.41, 5.74) is 1.81. The second kappa shape index (κ2) is 4.45. The number of rotatable bonds is 4. The molecule has 17 heavy (non-hydrogen) atoms. The van der Waals surface area contributed by atoms with E-state index >= 15 is 0 Å². The lowest BCUT2D eigenvalue weighted by Crippen LogP contribution is -2.36. The first-order valence-corrected chi connectivity index (χ1v) is 6.10. The molecule has 2 aromatic heterocycles. The lowest BCUT2D eigenvalue weighted by molar-refractivity contribution is 0.396. The molecule has 1 N–H and O–H groups in total. The van der Waals surface area contributed by atoms with Crippen LogP contribution in [0.3, 0.4) is 0 Å². The fourth-order valence-electron chi connectivity index (χ4n) is 1.98. The van der Waals surface area contributed by atoms with Gasteiger partial charge in [-0.05, 0) is 39.4 Å². The van der Waals surface area contributed by atoms with E-state index in [1.807, 2.05) is 25.4 Å². The van der Waals surface area contributed by atoms with Crippen LogP contribution in [0.5, 0.6) is 0 Å². The van der Waals surface area contributed by atoms with Crippen molar-refractivity contribution in [2.24, 2.45) is 0 Å². The minimum absolute atomic E-state index is 0.143. The molecule has 2 aromatic rings. The summed E-state index contributed by atoms with van der Waals surface area (Å²) >= 11 is 0. The fourth-order valence-corrected chi connectivity index (χ4v) is 1.98. The normalized spacial score (nSPS) is 12.2. The van der Waals surface area contributed by atoms with Gasteiger partial charge >= 0.3 is 0 Å². The zero-order valence-electron chi connectivity index (χ0n) is 11.0. The van der Waals surface area contributed by atoms with Gasteiger partial charge in [0.05, 0.1) is 5.54 Å². The summed E-state index contributed by atoms with van der Waals surface area (Å²) < 4.78 is 2.21. The molecule has 0 aliphatic rings. The molecule has 0 aliphatic carbocycles. The third-order valence-electron chi connectivity index (χ3n) is 3.14. The SMILES string of the molecule is CCCn1c(C(C)(C)NC)nc2cccnc21. The van der Waals surface area contributed by atoms with Gasteiger partial charge in [-0.15, -0.1) is 0 Å². The second-order valence-corrected chi connectivity index (χ2v) is 4.81. The summed E-state index contributed by atoms with van der Waals surface area (Å²) in [5, 5.41) is 3.31. The standard InChI is InChI=1S/C13H20N4/c1-5-9-17-11-10(7-6-8-15-11)16-12(17)13(2,3)14-4/h6-8,14H,5,9H2,1-4H3. The molecular formula is C13H20N4. The average molecular weight is 232 g/mol. The van der Waals surface area contributed by atoms with E-state index in [0.717, 1.165) is 30.0 Å². The smallest absolute Gasteiger partial charge is 0.160 e. The molecule has 0 saturated heterocycles. The first kappa shape index (κ1) is 12.0. The lowest BCUT2D eigenvalue weighted by Gasteiger charge is -2.24. The molecular weight excluding hydrogens is 212 g/mol. The van der Waals surface area contributed by atoms with E-state index in [2.05, 4.69) is 35.6 Å². The number of aryl methyl sites for hydroxylation is 1. The molecule has 0 bridgehead atoms. The molecule has 0 fully saturated rings. The predicted molar refractivity (Wildman–Crippen MR) is 69.9 cm³/mol. The minimum Gasteiger partial charge on any atom is -0.311 e. The van der Waals surface area contributed by atoms with Gasteiger partial charge in [-0.1, -0.05) is 6.92 Å². The second-order valence-electron chi connectivity index (χ2n) is 4.81. The molecule has 0 atom stereocenters. The van der Waals surface area contributed by atoms with Crippen LogP contribution in [0.2, 0.25) is 0 Å². The topological polar surface area (TPSA) is 42.7 Å². The first-order valence-electron chi connectivity index (χ1n) is 6.10. The van der Waals surface area contributed by atoms with Crippen molar-refractivity contribution in [1.29, 1.82) is 0 Å². The number of fused-ring (bicyclic) bond motifs is 1. The Labute approximate surface area is 102 Å². The monoisotopic (exact) mass is 232 g/mol. The van der Waals surface area contributed by atoms with Gasteiger partial charge in [-0.3, -0.25) is 0 Å². The van der Waals surface area contributed by atoms with Gasteiger partial charge < -0.3 is 9.88 Å². The Kier molecular flexibility index (Phi) is 3.15. The molecule has 0 amide bonds. The Morgan fingerprint density at radius 2 is 2.18 bits per heavy atom. The maximum absolute atomic E-state index is 4.71. The third kappa shape index (κ3) is 2.05. The van der Waals surface area contributed by atoms with Gasteiger partial charge in [0, 0.05) is 12.7 Å². The molecule has 0 aliphatic heterocycles. The highest BCUT2D eigenvalue weighted by molar-refractivity contribution is 5.71. The van der Waals surface area contributed by atoms with E-state index in [9.17, 15) is 0 Å². The number of nitrogens with one attached hydrogen (secondary N) is 1. The van der Waals surface area contributed by atoms with Crippen LogP contribution in [-0.2, 0) is 12.1 Å². The number of nitrogens with zero attached hydrogens (tertiary/aromatic N) is 3. The molecule has 4 nitrogen and oxygen atoms in total. The van der Waals surface area contributed by atoms with Crippen LogP contribution in [0.4, 0.5) is 0 Å². The highest BCUT2D eigenvalue weighted by atomic mass is 15.2. The van der Waals surface area contributed by atoms with E-state index in [1.54, 1.807) is 0 Å². The van der Waals surface area contributed by atoms with Gasteiger partial charge in [0.1, 0.15) is 11.3 Å². The van der Waals surface area contributed by atoms with E-state index in [0.29, 0.717) is 0 Å². The van der Waals surface area contributed by atoms with Crippen LogP contribution in [0.15, 0.2) is 18.3 Å². The molecule has 2 heterocycles. The molecule has 0 aromatic carbocycles. The number of aromatic nitrogens is 3. The number of pyridine rings is 1. The van der Waals surface area contributed by atoms with Gasteiger partial charge in [-0.25, -0.2) is 9.97 Å². The van der Waals surface area contributed by atoms with Crippen molar-refractivity contribution in [2.75, 3.05) is 7.05 Å². The zero-order valence-corrected chi connectivity index (χ0v) is 11.0. The van der Waals surface area contributed by atoms with Crippen molar-refractivity contribution in [1.82, 2.24) is 19.9 Å². The molecule has 0 radical (unpaired) electrons. The summed E-state index contributed by atoms with van der Waals surface area (Å²) in [6.45, 7) is 7.40. The van der Waals surface area contributed by atoms with Crippen molar-refractivity contribution in [3.8, 4) is 0 Å². The van der Waals surface area contributed by atoms with Crippen LogP contribution < -0.4 is 5.32 Å². The van der Waals surface area contributed by atoms with Crippen molar-refractivity contribution in [3.05, 3.63) is 24.2 Å². The highest BCUT2D eigenvalue weighted by Crippen LogP contribution is 2.23. The van der Waals surface area contributed by atoms with Crippen LogP contribution >= 0.6 is 0 Å². The van der Waals surface area contributed by atoms with Crippen LogP contribution in [0.1, 0.15) is 33.0 Å². The lowest BCUT2D eigenvalue weighted by atomic mass is 10.1. The van der Waals surface area contributed by atoms with Gasteiger partial charge in [0.25, 0.3) is 0 Å². The average Bonchev–Trinajstić information content (AvgIpc) is 2.70. The van der Waals surface area contributed by atoms with E-state index in [-0.39, 0.29) is 5.54 Å². The van der Waals surface area contributed by atoms with E-state index < -0.39 is 0 Å². The van der Waals surface area contributed by atoms with Gasteiger partial charge in [0.2, 0.25) is 0 Å². The van der Waals surface area contributed by atoms with Crippen molar-refractivity contribution in [2.45, 2.75) is 39.3 Å². The van der Waals surface area contributed by atoms with Gasteiger partial charge in [-0.2, -0.15) is 0 Å². The number of hydrogen-bond acceptors (Lipinski definition) is 3. The Hall–Kier alpha value is -1.42. The molecule has 0 spiro atoms. The molecule has 2 rings (SSSR count). The maximum Gasteiger partial charge on any atom is 0.160 e. The molecule has 0 saturated carbocycles. The summed E-state index contributed by atoms with van der Waals surface area (Å²) in [6.07, 6.45) is 2.90. The predicted octanol–water partition coefficient (Wildman–Crippen LogP) is 2.30. The fraction of sp³-hybridized carbons (Fsp3) is 0.538. The Morgan fingerprint density at radius 3 is 2.82 bits per heavy atom. The van der Waals surface area contributed by atoms with Crippen molar-refractivity contribution >= 4 is 11.2 Å². The summed E-state index contributed by atoms with van der Waals surface area (Å²) in [5.74, 6) is 1.05. The zero-order chi connectivity index (χ0) is 12.5. The first-order chi connectivity index (χ1) is 8.10. The quantitative estimate of drug-likeness (QED) is 0.879. The summed E-state index contributed by atoms with van der Waals surface area (Å²) in [6, 6.07) is 3.95. The largest absolute Gasteiger partial charge is 0.311 e. The highest BCUT2D eigenvalue weighted by Gasteiger charge is 2.25. The molecule has 4 heteroatoms. The number of hydrogen-bond donors (Lipinski definition) is 1. The Morgan fingerprint density at radius 1 is 1.41 bits per heavy atom. The summed E-state index contributed by atoms with van der Waals surface area (Å²) in [4.78, 5) is 9.15. The number of imidazole rings is 1. The van der Waals surface area contributed by atoms with Crippen LogP contribution in [0, 0.1) is 0 Å². The Balaban J connectivity index is 2.65. The van der Waals surface area contributed by atoms with E-state index in [1.165, 1.54) is 0 Å². The maximum atomic E-state index is 4.71. The Bertz CT molecular complexity index is 513. The summed E-state index contributed by atoms with van der Waals surface area (Å²) in [7, 11) is 1.96.